The molecule has 0 fully saturated rings. The molecule has 0 saturated heterocycles. The van der Waals surface area contributed by atoms with E-state index in [-0.39, 0.29) is 0 Å². The molecule has 2 aromatic carbocycles. The zero-order valence-corrected chi connectivity index (χ0v) is 11.9. The van der Waals surface area contributed by atoms with Crippen molar-refractivity contribution >= 4 is 11.4 Å². The van der Waals surface area contributed by atoms with Crippen molar-refractivity contribution < 1.29 is 0 Å². The summed E-state index contributed by atoms with van der Waals surface area (Å²) in [4.78, 5) is 2.11. The zero-order chi connectivity index (χ0) is 13.7. The Bertz CT molecular complexity index is 488. The Hall–Kier alpha value is -1.96. The van der Waals surface area contributed by atoms with E-state index in [0.717, 1.165) is 6.42 Å². The summed E-state index contributed by atoms with van der Waals surface area (Å²) in [6, 6.07) is 19.5. The largest absolute Gasteiger partial charge is 0.378 e. The minimum absolute atomic E-state index is 0.367. The molecule has 1 N–H and O–H groups in total. The SMILES string of the molecule is CCC(Nc1ccc(N(C)C)cc1)c1ccccc1. The van der Waals surface area contributed by atoms with Crippen LogP contribution < -0.4 is 10.2 Å². The van der Waals surface area contributed by atoms with Crippen LogP contribution in [-0.4, -0.2) is 14.1 Å². The predicted octanol–water partition coefficient (Wildman–Crippen LogP) is 4.32. The maximum Gasteiger partial charge on any atom is 0.0511 e. The molecule has 2 nitrogen and oxygen atoms in total. The monoisotopic (exact) mass is 254 g/mol. The van der Waals surface area contributed by atoms with Crippen LogP contribution >= 0.6 is 0 Å². The van der Waals surface area contributed by atoms with E-state index in [4.69, 9.17) is 0 Å². The van der Waals surface area contributed by atoms with Crippen molar-refractivity contribution in [2.45, 2.75) is 19.4 Å². The summed E-state index contributed by atoms with van der Waals surface area (Å²) in [7, 11) is 4.11. The van der Waals surface area contributed by atoms with E-state index in [9.17, 15) is 0 Å². The molecule has 0 aliphatic rings. The normalized spacial score (nSPS) is 11.9. The number of nitrogens with one attached hydrogen (secondary N) is 1. The molecule has 19 heavy (non-hydrogen) atoms. The van der Waals surface area contributed by atoms with Gasteiger partial charge in [-0.1, -0.05) is 37.3 Å². The first-order valence-electron chi connectivity index (χ1n) is 6.79. The van der Waals surface area contributed by atoms with Gasteiger partial charge in [0.25, 0.3) is 0 Å². The van der Waals surface area contributed by atoms with Gasteiger partial charge in [-0.15, -0.1) is 0 Å². The van der Waals surface area contributed by atoms with Crippen molar-refractivity contribution in [2.24, 2.45) is 0 Å². The molecule has 2 aromatic rings. The van der Waals surface area contributed by atoms with Gasteiger partial charge in [0.05, 0.1) is 6.04 Å². The minimum atomic E-state index is 0.367. The third kappa shape index (κ3) is 3.50. The van der Waals surface area contributed by atoms with Crippen molar-refractivity contribution in [3.8, 4) is 0 Å². The molecule has 0 saturated carbocycles. The van der Waals surface area contributed by atoms with Gasteiger partial charge in [0, 0.05) is 25.5 Å². The van der Waals surface area contributed by atoms with Crippen LogP contribution in [0.4, 0.5) is 11.4 Å². The second-order valence-corrected chi connectivity index (χ2v) is 4.96. The van der Waals surface area contributed by atoms with Crippen molar-refractivity contribution in [1.82, 2.24) is 0 Å². The molecule has 100 valence electrons. The van der Waals surface area contributed by atoms with Crippen LogP contribution in [0, 0.1) is 0 Å². The number of rotatable bonds is 5. The summed E-state index contributed by atoms with van der Waals surface area (Å²) in [6.45, 7) is 2.21. The Labute approximate surface area is 116 Å². The highest BCUT2D eigenvalue weighted by molar-refractivity contribution is 5.55. The third-order valence-corrected chi connectivity index (χ3v) is 3.33. The third-order valence-electron chi connectivity index (χ3n) is 3.33. The van der Waals surface area contributed by atoms with E-state index < -0.39 is 0 Å². The van der Waals surface area contributed by atoms with Gasteiger partial charge >= 0.3 is 0 Å². The maximum atomic E-state index is 3.59. The van der Waals surface area contributed by atoms with E-state index in [1.165, 1.54) is 16.9 Å². The fourth-order valence-corrected chi connectivity index (χ4v) is 2.16. The van der Waals surface area contributed by atoms with E-state index in [2.05, 4.69) is 85.8 Å². The van der Waals surface area contributed by atoms with Gasteiger partial charge in [0.15, 0.2) is 0 Å². The Morgan fingerprint density at radius 2 is 1.58 bits per heavy atom. The fraction of sp³-hybridized carbons (Fsp3) is 0.294. The Balaban J connectivity index is 2.10. The lowest BCUT2D eigenvalue weighted by Crippen LogP contribution is -2.11. The maximum absolute atomic E-state index is 3.59. The fourth-order valence-electron chi connectivity index (χ4n) is 2.16. The highest BCUT2D eigenvalue weighted by Gasteiger charge is 2.08. The van der Waals surface area contributed by atoms with Crippen LogP contribution in [0.2, 0.25) is 0 Å². The van der Waals surface area contributed by atoms with Crippen molar-refractivity contribution in [1.29, 1.82) is 0 Å². The average Bonchev–Trinajstić information content (AvgIpc) is 2.46. The predicted molar refractivity (Wildman–Crippen MR) is 83.9 cm³/mol. The number of hydrogen-bond donors (Lipinski definition) is 1. The summed E-state index contributed by atoms with van der Waals surface area (Å²) < 4.78 is 0. The van der Waals surface area contributed by atoms with Gasteiger partial charge in [-0.2, -0.15) is 0 Å². The lowest BCUT2D eigenvalue weighted by molar-refractivity contribution is 0.749. The molecule has 0 amide bonds. The van der Waals surface area contributed by atoms with Crippen LogP contribution in [0.1, 0.15) is 24.9 Å². The minimum Gasteiger partial charge on any atom is -0.378 e. The molecular formula is C17H22N2. The second-order valence-electron chi connectivity index (χ2n) is 4.96. The first-order chi connectivity index (χ1) is 9.20. The molecule has 2 rings (SSSR count). The molecule has 0 aliphatic heterocycles. The van der Waals surface area contributed by atoms with E-state index in [1.807, 2.05) is 0 Å². The average molecular weight is 254 g/mol. The molecular weight excluding hydrogens is 232 g/mol. The van der Waals surface area contributed by atoms with Crippen LogP contribution in [-0.2, 0) is 0 Å². The topological polar surface area (TPSA) is 15.3 Å². The standard InChI is InChI=1S/C17H22N2/c1-4-17(14-8-6-5-7-9-14)18-15-10-12-16(13-11-15)19(2)3/h5-13,17-18H,4H2,1-3H3. The van der Waals surface area contributed by atoms with Gasteiger partial charge in [0.2, 0.25) is 0 Å². The first-order valence-corrected chi connectivity index (χ1v) is 6.79. The highest BCUT2D eigenvalue weighted by Crippen LogP contribution is 2.23. The molecule has 0 bridgehead atoms. The molecule has 1 atom stereocenters. The molecule has 0 aromatic heterocycles. The van der Waals surface area contributed by atoms with Crippen LogP contribution in [0.5, 0.6) is 0 Å². The Morgan fingerprint density at radius 1 is 0.947 bits per heavy atom. The molecule has 0 heterocycles. The van der Waals surface area contributed by atoms with Crippen molar-refractivity contribution in [3.63, 3.8) is 0 Å². The quantitative estimate of drug-likeness (QED) is 0.855. The van der Waals surface area contributed by atoms with E-state index in [1.54, 1.807) is 0 Å². The highest BCUT2D eigenvalue weighted by atomic mass is 15.1. The molecule has 1 unspecified atom stereocenters. The van der Waals surface area contributed by atoms with E-state index >= 15 is 0 Å². The van der Waals surface area contributed by atoms with Crippen LogP contribution in [0.3, 0.4) is 0 Å². The summed E-state index contributed by atoms with van der Waals surface area (Å²) in [5.41, 5.74) is 3.72. The molecule has 0 aliphatic carbocycles. The Kier molecular flexibility index (Phi) is 4.45. The Morgan fingerprint density at radius 3 is 2.11 bits per heavy atom. The van der Waals surface area contributed by atoms with Crippen LogP contribution in [0.25, 0.3) is 0 Å². The van der Waals surface area contributed by atoms with Gasteiger partial charge < -0.3 is 10.2 Å². The summed E-state index contributed by atoms with van der Waals surface area (Å²) >= 11 is 0. The number of nitrogens with zero attached hydrogens (tertiary/aromatic N) is 1. The number of benzene rings is 2. The van der Waals surface area contributed by atoms with Gasteiger partial charge in [0.1, 0.15) is 0 Å². The number of anilines is 2. The smallest absolute Gasteiger partial charge is 0.0511 e. The number of hydrogen-bond acceptors (Lipinski definition) is 2. The lowest BCUT2D eigenvalue weighted by Gasteiger charge is -2.20. The van der Waals surface area contributed by atoms with Gasteiger partial charge in [-0.3, -0.25) is 0 Å². The second kappa shape index (κ2) is 6.28. The van der Waals surface area contributed by atoms with Crippen molar-refractivity contribution in [2.75, 3.05) is 24.3 Å². The van der Waals surface area contributed by atoms with Crippen molar-refractivity contribution in [3.05, 3.63) is 60.2 Å². The molecule has 0 radical (unpaired) electrons. The molecule has 0 spiro atoms. The van der Waals surface area contributed by atoms with Crippen LogP contribution in [0.15, 0.2) is 54.6 Å². The zero-order valence-electron chi connectivity index (χ0n) is 11.9. The summed E-state index contributed by atoms with van der Waals surface area (Å²) in [6.07, 6.45) is 1.07. The van der Waals surface area contributed by atoms with E-state index in [0.29, 0.717) is 6.04 Å². The van der Waals surface area contributed by atoms with Gasteiger partial charge in [-0.05, 0) is 36.2 Å². The summed E-state index contributed by atoms with van der Waals surface area (Å²) in [5, 5.41) is 3.59. The lowest BCUT2D eigenvalue weighted by atomic mass is 10.0. The molecule has 2 heteroatoms. The van der Waals surface area contributed by atoms with Gasteiger partial charge in [-0.25, -0.2) is 0 Å². The first kappa shape index (κ1) is 13.5. The summed E-state index contributed by atoms with van der Waals surface area (Å²) in [5.74, 6) is 0.